The Bertz CT molecular complexity index is 764. The fraction of sp³-hybridized carbons (Fsp3) is 0.250. The molecule has 0 aliphatic carbocycles. The van der Waals surface area contributed by atoms with Crippen LogP contribution in [0.4, 0.5) is 5.69 Å². The van der Waals surface area contributed by atoms with Gasteiger partial charge in [-0.05, 0) is 24.6 Å². The van der Waals surface area contributed by atoms with E-state index in [2.05, 4.69) is 0 Å². The maximum absolute atomic E-state index is 12.1. The minimum Gasteiger partial charge on any atom is -0.454 e. The number of ether oxygens (including phenoxy) is 2. The smallest absolute Gasteiger partial charge is 0.231 e. The fourth-order valence-corrected chi connectivity index (χ4v) is 2.82. The molecule has 0 radical (unpaired) electrons. The van der Waals surface area contributed by atoms with Gasteiger partial charge >= 0.3 is 0 Å². The average Bonchev–Trinajstić information content (AvgIpc) is 3.25. The highest BCUT2D eigenvalue weighted by Crippen LogP contribution is 2.44. The van der Waals surface area contributed by atoms with Crippen LogP contribution in [0, 0.1) is 0 Å². The second-order valence-electron chi connectivity index (χ2n) is 5.19. The van der Waals surface area contributed by atoms with Crippen molar-refractivity contribution >= 4 is 17.9 Å². The second kappa shape index (κ2) is 4.91. The van der Waals surface area contributed by atoms with Crippen LogP contribution in [-0.4, -0.2) is 25.5 Å². The zero-order valence-electron chi connectivity index (χ0n) is 11.7. The number of aldehydes is 1. The van der Waals surface area contributed by atoms with E-state index in [1.807, 2.05) is 0 Å². The van der Waals surface area contributed by atoms with Crippen LogP contribution in [0.25, 0.3) is 11.3 Å². The SMILES string of the molecule is O=Cc1ccc(-c2cc3c(cc2N2CCCC2=O)OCO3)o1. The highest BCUT2D eigenvalue weighted by Gasteiger charge is 2.28. The molecule has 1 fully saturated rings. The number of carbonyl (C=O) groups excluding carboxylic acids is 2. The van der Waals surface area contributed by atoms with Gasteiger partial charge in [0.1, 0.15) is 5.76 Å². The summed E-state index contributed by atoms with van der Waals surface area (Å²) in [5, 5.41) is 0. The molecule has 0 bridgehead atoms. The Morgan fingerprint density at radius 1 is 1.14 bits per heavy atom. The van der Waals surface area contributed by atoms with Gasteiger partial charge in [-0.15, -0.1) is 0 Å². The third kappa shape index (κ3) is 1.95. The lowest BCUT2D eigenvalue weighted by molar-refractivity contribution is -0.117. The summed E-state index contributed by atoms with van der Waals surface area (Å²) in [6, 6.07) is 6.90. The molecule has 4 rings (SSSR count). The molecule has 0 N–H and O–H groups in total. The quantitative estimate of drug-likeness (QED) is 0.815. The van der Waals surface area contributed by atoms with Crippen LogP contribution >= 0.6 is 0 Å². The summed E-state index contributed by atoms with van der Waals surface area (Å²) in [4.78, 5) is 24.6. The Balaban J connectivity index is 1.87. The number of hydrogen-bond donors (Lipinski definition) is 0. The van der Waals surface area contributed by atoms with Crippen LogP contribution in [0.15, 0.2) is 28.7 Å². The van der Waals surface area contributed by atoms with Crippen molar-refractivity contribution in [3.63, 3.8) is 0 Å². The van der Waals surface area contributed by atoms with Crippen molar-refractivity contribution in [1.29, 1.82) is 0 Å². The molecule has 6 nitrogen and oxygen atoms in total. The van der Waals surface area contributed by atoms with Crippen molar-refractivity contribution < 1.29 is 23.5 Å². The van der Waals surface area contributed by atoms with Gasteiger partial charge in [0, 0.05) is 24.6 Å². The van der Waals surface area contributed by atoms with Crippen molar-refractivity contribution in [3.05, 3.63) is 30.0 Å². The largest absolute Gasteiger partial charge is 0.454 e. The Morgan fingerprint density at radius 2 is 1.95 bits per heavy atom. The van der Waals surface area contributed by atoms with Gasteiger partial charge in [0.25, 0.3) is 0 Å². The van der Waals surface area contributed by atoms with E-state index >= 15 is 0 Å². The van der Waals surface area contributed by atoms with Crippen LogP contribution in [0.5, 0.6) is 11.5 Å². The van der Waals surface area contributed by atoms with Gasteiger partial charge in [0.05, 0.1) is 5.69 Å². The molecule has 6 heteroatoms. The molecule has 0 spiro atoms. The minimum atomic E-state index is 0.0716. The van der Waals surface area contributed by atoms with Crippen LogP contribution in [-0.2, 0) is 4.79 Å². The van der Waals surface area contributed by atoms with Crippen LogP contribution in [0.3, 0.4) is 0 Å². The predicted octanol–water partition coefficient (Wildman–Crippen LogP) is 2.61. The number of anilines is 1. The molecule has 1 saturated heterocycles. The molecule has 112 valence electrons. The predicted molar refractivity (Wildman–Crippen MR) is 77.2 cm³/mol. The maximum atomic E-state index is 12.1. The Hall–Kier alpha value is -2.76. The molecule has 2 aliphatic heterocycles. The van der Waals surface area contributed by atoms with Gasteiger partial charge in [0.2, 0.25) is 12.7 Å². The summed E-state index contributed by atoms with van der Waals surface area (Å²) >= 11 is 0. The van der Waals surface area contributed by atoms with Crippen LogP contribution < -0.4 is 14.4 Å². The third-order valence-corrected chi connectivity index (χ3v) is 3.86. The molecule has 1 amide bonds. The fourth-order valence-electron chi connectivity index (χ4n) is 2.82. The summed E-state index contributed by atoms with van der Waals surface area (Å²) in [5.41, 5.74) is 1.44. The topological polar surface area (TPSA) is 69.0 Å². The van der Waals surface area contributed by atoms with Crippen molar-refractivity contribution in [2.24, 2.45) is 0 Å². The van der Waals surface area contributed by atoms with Crippen LogP contribution in [0.1, 0.15) is 23.4 Å². The molecule has 2 aliphatic rings. The van der Waals surface area contributed by atoms with Crippen LogP contribution in [0.2, 0.25) is 0 Å². The van der Waals surface area contributed by atoms with E-state index < -0.39 is 0 Å². The molecular formula is C16H13NO5. The van der Waals surface area contributed by atoms with Gasteiger partial charge in [0.15, 0.2) is 23.5 Å². The van der Waals surface area contributed by atoms with E-state index in [0.29, 0.717) is 42.1 Å². The molecule has 0 unspecified atom stereocenters. The summed E-state index contributed by atoms with van der Waals surface area (Å²) < 4.78 is 16.3. The first-order valence-corrected chi connectivity index (χ1v) is 7.05. The van der Waals surface area contributed by atoms with E-state index in [0.717, 1.165) is 12.1 Å². The van der Waals surface area contributed by atoms with E-state index in [1.165, 1.54) is 0 Å². The minimum absolute atomic E-state index is 0.0716. The standard InChI is InChI=1S/C16H13NO5/c18-8-10-3-4-13(22-10)11-6-14-15(21-9-20-14)7-12(11)17-5-1-2-16(17)19/h3-4,6-8H,1-2,5,9H2. The third-order valence-electron chi connectivity index (χ3n) is 3.86. The van der Waals surface area contributed by atoms with Crippen molar-refractivity contribution in [1.82, 2.24) is 0 Å². The molecule has 1 aromatic heterocycles. The summed E-state index contributed by atoms with van der Waals surface area (Å²) in [7, 11) is 0. The maximum Gasteiger partial charge on any atom is 0.231 e. The molecule has 0 atom stereocenters. The summed E-state index contributed by atoms with van der Waals surface area (Å²) in [5.74, 6) is 2.05. The lowest BCUT2D eigenvalue weighted by Gasteiger charge is -2.19. The van der Waals surface area contributed by atoms with Gasteiger partial charge in [-0.2, -0.15) is 0 Å². The highest BCUT2D eigenvalue weighted by molar-refractivity contribution is 5.99. The summed E-state index contributed by atoms with van der Waals surface area (Å²) in [6.45, 7) is 0.816. The number of benzene rings is 1. The first-order chi connectivity index (χ1) is 10.8. The lowest BCUT2D eigenvalue weighted by Crippen LogP contribution is -2.24. The molecule has 2 aromatic rings. The van der Waals surface area contributed by atoms with Gasteiger partial charge in [-0.3, -0.25) is 9.59 Å². The van der Waals surface area contributed by atoms with E-state index in [4.69, 9.17) is 13.9 Å². The van der Waals surface area contributed by atoms with Gasteiger partial charge < -0.3 is 18.8 Å². The molecule has 3 heterocycles. The second-order valence-corrected chi connectivity index (χ2v) is 5.19. The molecular weight excluding hydrogens is 286 g/mol. The normalized spacial score (nSPS) is 16.4. The number of amides is 1. The van der Waals surface area contributed by atoms with Gasteiger partial charge in [-0.25, -0.2) is 0 Å². The number of nitrogens with zero attached hydrogens (tertiary/aromatic N) is 1. The average molecular weight is 299 g/mol. The number of rotatable bonds is 3. The lowest BCUT2D eigenvalue weighted by atomic mass is 10.1. The number of hydrogen-bond acceptors (Lipinski definition) is 5. The monoisotopic (exact) mass is 299 g/mol. The zero-order valence-corrected chi connectivity index (χ0v) is 11.7. The van der Waals surface area contributed by atoms with Crippen molar-refractivity contribution in [3.8, 4) is 22.8 Å². The number of carbonyl (C=O) groups is 2. The zero-order chi connectivity index (χ0) is 15.1. The van der Waals surface area contributed by atoms with Crippen molar-refractivity contribution in [2.75, 3.05) is 18.2 Å². The van der Waals surface area contributed by atoms with E-state index in [-0.39, 0.29) is 18.5 Å². The Labute approximate surface area is 126 Å². The molecule has 0 saturated carbocycles. The summed E-state index contributed by atoms with van der Waals surface area (Å²) in [6.07, 6.45) is 2.01. The number of furan rings is 1. The Morgan fingerprint density at radius 3 is 2.64 bits per heavy atom. The van der Waals surface area contributed by atoms with Crippen molar-refractivity contribution in [2.45, 2.75) is 12.8 Å². The molecule has 1 aromatic carbocycles. The first-order valence-electron chi connectivity index (χ1n) is 7.05. The van der Waals surface area contributed by atoms with Gasteiger partial charge in [-0.1, -0.05) is 0 Å². The van der Waals surface area contributed by atoms with E-state index in [9.17, 15) is 9.59 Å². The van der Waals surface area contributed by atoms with E-state index in [1.54, 1.807) is 29.2 Å². The Kier molecular flexibility index (Phi) is 2.89. The molecule has 22 heavy (non-hydrogen) atoms. The number of fused-ring (bicyclic) bond motifs is 1. The highest BCUT2D eigenvalue weighted by atomic mass is 16.7. The first kappa shape index (κ1) is 12.9.